The Hall–Kier alpha value is -3.91. The number of aryl methyl sites for hydroxylation is 1. The van der Waals surface area contributed by atoms with Gasteiger partial charge < -0.3 is 24.3 Å². The Labute approximate surface area is 207 Å². The van der Waals surface area contributed by atoms with Crippen molar-refractivity contribution in [3.05, 3.63) is 71.9 Å². The number of rotatable bonds is 6. The lowest BCUT2D eigenvalue weighted by molar-refractivity contribution is 0.102. The fraction of sp³-hybridized carbons (Fsp3) is 0.185. The summed E-state index contributed by atoms with van der Waals surface area (Å²) in [6.07, 6.45) is 0. The number of aromatic nitrogens is 1. The van der Waals surface area contributed by atoms with Crippen LogP contribution in [0.2, 0.25) is 0 Å². The summed E-state index contributed by atoms with van der Waals surface area (Å²) in [5.74, 6) is 2.36. The molecule has 0 saturated carbocycles. The molecule has 4 aromatic rings. The lowest BCUT2D eigenvalue weighted by Gasteiger charge is -2.18. The van der Waals surface area contributed by atoms with Crippen LogP contribution in [0.15, 0.2) is 70.5 Å². The van der Waals surface area contributed by atoms with Crippen LogP contribution in [0.3, 0.4) is 0 Å². The maximum absolute atomic E-state index is 12.7. The van der Waals surface area contributed by atoms with E-state index in [1.165, 1.54) is 0 Å². The quantitative estimate of drug-likeness (QED) is 0.371. The number of carbonyl (C=O) groups is 1. The first-order valence-electron chi connectivity index (χ1n) is 11.1. The Morgan fingerprint density at radius 1 is 0.914 bits per heavy atom. The third kappa shape index (κ3) is 4.83. The van der Waals surface area contributed by atoms with Crippen molar-refractivity contribution in [3.8, 4) is 23.0 Å². The normalized spacial score (nSPS) is 12.3. The summed E-state index contributed by atoms with van der Waals surface area (Å²) in [6, 6.07) is 18.8. The number of hydrogen-bond acceptors (Lipinski definition) is 7. The first kappa shape index (κ1) is 22.9. The first-order chi connectivity index (χ1) is 17.0. The van der Waals surface area contributed by atoms with Crippen LogP contribution in [0.25, 0.3) is 10.9 Å². The monoisotopic (exact) mass is 488 g/mol. The second-order valence-corrected chi connectivity index (χ2v) is 9.03. The van der Waals surface area contributed by atoms with Crippen LogP contribution >= 0.6 is 11.8 Å². The number of methoxy groups -OCH3 is 2. The molecule has 1 aliphatic rings. The van der Waals surface area contributed by atoms with Gasteiger partial charge in [-0.15, -0.1) is 0 Å². The molecular formula is C27H24N2O5S. The van der Waals surface area contributed by atoms with E-state index in [-0.39, 0.29) is 5.91 Å². The molecule has 0 atom stereocenters. The van der Waals surface area contributed by atoms with Crippen LogP contribution in [0.4, 0.5) is 5.69 Å². The van der Waals surface area contributed by atoms with Gasteiger partial charge in [0.15, 0.2) is 23.0 Å². The molecule has 0 spiro atoms. The highest BCUT2D eigenvalue weighted by atomic mass is 32.2. The minimum Gasteiger partial charge on any atom is -0.493 e. The number of ether oxygens (including phenoxy) is 4. The molecule has 0 unspecified atom stereocenters. The fourth-order valence-electron chi connectivity index (χ4n) is 3.80. The van der Waals surface area contributed by atoms with E-state index in [0.29, 0.717) is 47.5 Å². The molecule has 178 valence electrons. The minimum atomic E-state index is -0.207. The Kier molecular flexibility index (Phi) is 6.37. The molecule has 1 aliphatic heterocycles. The van der Waals surface area contributed by atoms with E-state index in [0.717, 1.165) is 26.4 Å². The number of carbonyl (C=O) groups excluding carboxylic acids is 1. The molecule has 5 rings (SSSR count). The fourth-order valence-corrected chi connectivity index (χ4v) is 4.71. The summed E-state index contributed by atoms with van der Waals surface area (Å²) in [7, 11) is 3.23. The van der Waals surface area contributed by atoms with Crippen molar-refractivity contribution in [3.63, 3.8) is 0 Å². The zero-order chi connectivity index (χ0) is 24.4. The van der Waals surface area contributed by atoms with Crippen LogP contribution < -0.4 is 24.3 Å². The average molecular weight is 489 g/mol. The van der Waals surface area contributed by atoms with Crippen molar-refractivity contribution < 1.29 is 23.7 Å². The largest absolute Gasteiger partial charge is 0.493 e. The van der Waals surface area contributed by atoms with E-state index >= 15 is 0 Å². The lowest BCUT2D eigenvalue weighted by atomic mass is 10.1. The molecule has 1 aromatic heterocycles. The van der Waals surface area contributed by atoms with Gasteiger partial charge in [0.2, 0.25) is 0 Å². The molecular weight excluding hydrogens is 464 g/mol. The van der Waals surface area contributed by atoms with Crippen LogP contribution in [0.5, 0.6) is 23.0 Å². The molecule has 0 saturated heterocycles. The predicted molar refractivity (Wildman–Crippen MR) is 136 cm³/mol. The van der Waals surface area contributed by atoms with E-state index in [4.69, 9.17) is 23.9 Å². The number of amides is 1. The highest BCUT2D eigenvalue weighted by molar-refractivity contribution is 7.99. The van der Waals surface area contributed by atoms with Crippen molar-refractivity contribution in [1.82, 2.24) is 4.98 Å². The maximum Gasteiger partial charge on any atom is 0.255 e. The van der Waals surface area contributed by atoms with Crippen LogP contribution in [-0.2, 0) is 0 Å². The van der Waals surface area contributed by atoms with Gasteiger partial charge in [0.1, 0.15) is 13.2 Å². The van der Waals surface area contributed by atoms with Gasteiger partial charge in [0.25, 0.3) is 5.91 Å². The molecule has 1 N–H and O–H groups in total. The van der Waals surface area contributed by atoms with Gasteiger partial charge in [-0.25, -0.2) is 0 Å². The lowest BCUT2D eigenvalue weighted by Crippen LogP contribution is -2.17. The van der Waals surface area contributed by atoms with E-state index in [1.54, 1.807) is 44.2 Å². The topological polar surface area (TPSA) is 78.9 Å². The second kappa shape index (κ2) is 9.76. The molecule has 35 heavy (non-hydrogen) atoms. The van der Waals surface area contributed by atoms with Crippen molar-refractivity contribution in [1.29, 1.82) is 0 Å². The Bertz CT molecular complexity index is 1410. The first-order valence-corrected chi connectivity index (χ1v) is 11.9. The number of benzene rings is 3. The van der Waals surface area contributed by atoms with E-state index in [9.17, 15) is 4.79 Å². The van der Waals surface area contributed by atoms with Gasteiger partial charge in [0.05, 0.1) is 25.4 Å². The van der Waals surface area contributed by atoms with Crippen LogP contribution in [0, 0.1) is 6.92 Å². The number of anilines is 1. The summed E-state index contributed by atoms with van der Waals surface area (Å²) in [4.78, 5) is 19.5. The standard InChI is InChI=1S/C27H24N2O5S/c1-16-26(14-18-13-23(31-2)24(32-3)15-21(18)28-16)35-20-7-5-19(6-8-20)29-27(30)17-4-9-22-25(12-17)34-11-10-33-22/h4-9,12-15H,10-11H2,1-3H3,(H,29,30). The molecule has 7 nitrogen and oxygen atoms in total. The van der Waals surface area contributed by atoms with Gasteiger partial charge in [0, 0.05) is 32.5 Å². The van der Waals surface area contributed by atoms with Crippen molar-refractivity contribution in [2.45, 2.75) is 16.7 Å². The molecule has 0 bridgehead atoms. The van der Waals surface area contributed by atoms with E-state index < -0.39 is 0 Å². The number of hydrogen-bond donors (Lipinski definition) is 1. The SMILES string of the molecule is COc1cc2cc(Sc3ccc(NC(=O)c4ccc5c(c4)OCCO5)cc3)c(C)nc2cc1OC. The van der Waals surface area contributed by atoms with Gasteiger partial charge in [-0.2, -0.15) is 0 Å². The molecule has 8 heteroatoms. The Balaban J connectivity index is 1.31. The van der Waals surface area contributed by atoms with Gasteiger partial charge >= 0.3 is 0 Å². The number of nitrogens with zero attached hydrogens (tertiary/aromatic N) is 1. The third-order valence-corrected chi connectivity index (χ3v) is 6.75. The summed E-state index contributed by atoms with van der Waals surface area (Å²) in [5.41, 5.74) is 2.99. The van der Waals surface area contributed by atoms with Crippen LogP contribution in [-0.4, -0.2) is 38.3 Å². The summed E-state index contributed by atoms with van der Waals surface area (Å²) in [5, 5.41) is 3.90. The number of pyridine rings is 1. The zero-order valence-corrected chi connectivity index (χ0v) is 20.4. The van der Waals surface area contributed by atoms with Crippen molar-refractivity contribution in [2.24, 2.45) is 0 Å². The van der Waals surface area contributed by atoms with Gasteiger partial charge in [-0.05, 0) is 61.5 Å². The van der Waals surface area contributed by atoms with Gasteiger partial charge in [-0.1, -0.05) is 11.8 Å². The molecule has 3 aromatic carbocycles. The zero-order valence-electron chi connectivity index (χ0n) is 19.6. The predicted octanol–water partition coefficient (Wildman–Crippen LogP) is 5.74. The molecule has 0 radical (unpaired) electrons. The third-order valence-electron chi connectivity index (χ3n) is 5.61. The Morgan fingerprint density at radius 2 is 1.63 bits per heavy atom. The summed E-state index contributed by atoms with van der Waals surface area (Å²) in [6.45, 7) is 2.98. The second-order valence-electron chi connectivity index (χ2n) is 7.91. The van der Waals surface area contributed by atoms with E-state index in [1.807, 2.05) is 43.3 Å². The van der Waals surface area contributed by atoms with Crippen molar-refractivity contribution >= 4 is 34.3 Å². The highest BCUT2D eigenvalue weighted by Crippen LogP contribution is 2.36. The summed E-state index contributed by atoms with van der Waals surface area (Å²) >= 11 is 1.61. The highest BCUT2D eigenvalue weighted by Gasteiger charge is 2.15. The maximum atomic E-state index is 12.7. The van der Waals surface area contributed by atoms with Crippen LogP contribution in [0.1, 0.15) is 16.1 Å². The average Bonchev–Trinajstić information content (AvgIpc) is 2.89. The molecule has 2 heterocycles. The minimum absolute atomic E-state index is 0.207. The molecule has 0 aliphatic carbocycles. The molecule has 1 amide bonds. The van der Waals surface area contributed by atoms with E-state index in [2.05, 4.69) is 11.4 Å². The number of fused-ring (bicyclic) bond motifs is 2. The number of nitrogens with one attached hydrogen (secondary N) is 1. The molecule has 0 fully saturated rings. The van der Waals surface area contributed by atoms with Crippen molar-refractivity contribution in [2.75, 3.05) is 32.8 Å². The summed E-state index contributed by atoms with van der Waals surface area (Å²) < 4.78 is 21.9. The smallest absolute Gasteiger partial charge is 0.255 e. The Morgan fingerprint density at radius 3 is 2.37 bits per heavy atom. The van der Waals surface area contributed by atoms with Gasteiger partial charge in [-0.3, -0.25) is 9.78 Å².